The molecule has 0 aliphatic carbocycles. The van der Waals surface area contributed by atoms with Crippen LogP contribution in [0.2, 0.25) is 0 Å². The maximum atomic E-state index is 13.0. The van der Waals surface area contributed by atoms with Crippen molar-refractivity contribution in [2.45, 2.75) is 20.8 Å². The number of carbonyl (C=O) groups excluding carboxylic acids is 1. The van der Waals surface area contributed by atoms with Gasteiger partial charge in [0.2, 0.25) is 5.88 Å². The average Bonchev–Trinajstić information content (AvgIpc) is 3.19. The van der Waals surface area contributed by atoms with Crippen LogP contribution < -0.4 is 9.64 Å². The lowest BCUT2D eigenvalue weighted by Crippen LogP contribution is -2.49. The number of carbonyl (C=O) groups is 1. The smallest absolute Gasteiger partial charge is 0.274 e. The second kappa shape index (κ2) is 9.16. The number of aromatic nitrogens is 4. The molecule has 0 spiro atoms. The van der Waals surface area contributed by atoms with Crippen LogP contribution in [0.3, 0.4) is 0 Å². The predicted octanol–water partition coefficient (Wildman–Crippen LogP) is 2.97. The zero-order valence-electron chi connectivity index (χ0n) is 18.2. The monoisotopic (exact) mass is 420 g/mol. The summed E-state index contributed by atoms with van der Waals surface area (Å²) in [5, 5.41) is 4.55. The minimum absolute atomic E-state index is 0.0407. The second-order valence-electron chi connectivity index (χ2n) is 8.12. The van der Waals surface area contributed by atoms with Crippen molar-refractivity contribution >= 4 is 11.7 Å². The van der Waals surface area contributed by atoms with Crippen LogP contribution in [0.25, 0.3) is 5.69 Å². The second-order valence-corrected chi connectivity index (χ2v) is 8.12. The summed E-state index contributed by atoms with van der Waals surface area (Å²) in [6.07, 6.45) is 1.53. The van der Waals surface area contributed by atoms with E-state index >= 15 is 0 Å². The fraction of sp³-hybridized carbons (Fsp3) is 0.391. The highest BCUT2D eigenvalue weighted by Gasteiger charge is 2.25. The minimum Gasteiger partial charge on any atom is -0.477 e. The van der Waals surface area contributed by atoms with E-state index < -0.39 is 0 Å². The van der Waals surface area contributed by atoms with Gasteiger partial charge < -0.3 is 14.5 Å². The van der Waals surface area contributed by atoms with Gasteiger partial charge in [0.1, 0.15) is 12.1 Å². The van der Waals surface area contributed by atoms with Crippen molar-refractivity contribution < 1.29 is 9.53 Å². The number of aryl methyl sites for hydroxylation is 1. The van der Waals surface area contributed by atoms with Gasteiger partial charge in [-0.2, -0.15) is 5.10 Å². The number of rotatable bonds is 6. The van der Waals surface area contributed by atoms with Gasteiger partial charge in [-0.3, -0.25) is 4.79 Å². The Morgan fingerprint density at radius 2 is 1.81 bits per heavy atom. The van der Waals surface area contributed by atoms with E-state index in [2.05, 4.69) is 33.8 Å². The molecular formula is C23H28N6O2. The molecule has 1 amide bonds. The van der Waals surface area contributed by atoms with E-state index in [1.165, 1.54) is 6.33 Å². The molecule has 0 atom stereocenters. The molecule has 1 aliphatic heterocycles. The normalized spacial score (nSPS) is 14.2. The van der Waals surface area contributed by atoms with Crippen molar-refractivity contribution in [2.24, 2.45) is 5.92 Å². The van der Waals surface area contributed by atoms with Gasteiger partial charge >= 0.3 is 0 Å². The summed E-state index contributed by atoms with van der Waals surface area (Å²) in [7, 11) is 0. The van der Waals surface area contributed by atoms with Crippen LogP contribution in [0.15, 0.2) is 48.8 Å². The summed E-state index contributed by atoms with van der Waals surface area (Å²) in [5.74, 6) is 1.80. The molecule has 0 bridgehead atoms. The molecule has 1 aromatic carbocycles. The molecule has 2 aromatic heterocycles. The molecule has 4 rings (SSSR count). The lowest BCUT2D eigenvalue weighted by molar-refractivity contribution is 0.0740. The lowest BCUT2D eigenvalue weighted by atomic mass is 10.2. The van der Waals surface area contributed by atoms with Crippen molar-refractivity contribution in [1.82, 2.24) is 24.6 Å². The zero-order chi connectivity index (χ0) is 21.8. The summed E-state index contributed by atoms with van der Waals surface area (Å²) in [6, 6.07) is 13.6. The van der Waals surface area contributed by atoms with Crippen LogP contribution in [-0.2, 0) is 0 Å². The summed E-state index contributed by atoms with van der Waals surface area (Å²) < 4.78 is 7.52. The lowest BCUT2D eigenvalue weighted by Gasteiger charge is -2.35. The Morgan fingerprint density at radius 1 is 1.06 bits per heavy atom. The Kier molecular flexibility index (Phi) is 6.16. The van der Waals surface area contributed by atoms with E-state index in [1.807, 2.05) is 59.0 Å². The number of para-hydroxylation sites is 1. The van der Waals surface area contributed by atoms with Gasteiger partial charge in [-0.15, -0.1) is 0 Å². The highest BCUT2D eigenvalue weighted by molar-refractivity contribution is 5.92. The van der Waals surface area contributed by atoms with E-state index in [9.17, 15) is 4.79 Å². The van der Waals surface area contributed by atoms with Crippen LogP contribution >= 0.6 is 0 Å². The molecule has 0 radical (unpaired) electrons. The molecule has 31 heavy (non-hydrogen) atoms. The van der Waals surface area contributed by atoms with Gasteiger partial charge in [0, 0.05) is 37.9 Å². The summed E-state index contributed by atoms with van der Waals surface area (Å²) >= 11 is 0. The molecule has 3 heterocycles. The number of ether oxygens (including phenoxy) is 1. The van der Waals surface area contributed by atoms with E-state index in [0.29, 0.717) is 50.3 Å². The SMILES string of the molecule is Cc1cc(C(=O)N2CCN(c3cc(OCC(C)C)ncn3)CC2)nn1-c1ccccc1. The number of benzene rings is 1. The Bertz CT molecular complexity index is 1030. The quantitative estimate of drug-likeness (QED) is 0.610. The molecule has 0 N–H and O–H groups in total. The van der Waals surface area contributed by atoms with Crippen molar-refractivity contribution in [1.29, 1.82) is 0 Å². The number of amides is 1. The number of hydrogen-bond acceptors (Lipinski definition) is 6. The van der Waals surface area contributed by atoms with Gasteiger partial charge in [0.25, 0.3) is 5.91 Å². The standard InChI is InChI=1S/C23H28N6O2/c1-17(2)15-31-22-14-21(24-16-25-22)27-9-11-28(12-10-27)23(30)20-13-18(3)29(26-20)19-7-5-4-6-8-19/h4-8,13-14,16-17H,9-12,15H2,1-3H3. The molecule has 1 aliphatic rings. The van der Waals surface area contributed by atoms with Crippen LogP contribution in [0.4, 0.5) is 5.82 Å². The predicted molar refractivity (Wildman–Crippen MR) is 119 cm³/mol. The van der Waals surface area contributed by atoms with E-state index in [1.54, 1.807) is 0 Å². The Morgan fingerprint density at radius 3 is 2.52 bits per heavy atom. The third-order valence-corrected chi connectivity index (χ3v) is 5.19. The molecule has 162 valence electrons. The van der Waals surface area contributed by atoms with E-state index in [4.69, 9.17) is 4.74 Å². The van der Waals surface area contributed by atoms with Crippen LogP contribution in [0, 0.1) is 12.8 Å². The number of anilines is 1. The first kappa shape index (κ1) is 20.8. The number of piperazine rings is 1. The summed E-state index contributed by atoms with van der Waals surface area (Å²) in [4.78, 5) is 25.6. The van der Waals surface area contributed by atoms with E-state index in [0.717, 1.165) is 17.2 Å². The molecule has 1 fully saturated rings. The average molecular weight is 421 g/mol. The third kappa shape index (κ3) is 4.84. The maximum Gasteiger partial charge on any atom is 0.274 e. The first-order chi connectivity index (χ1) is 15.0. The largest absolute Gasteiger partial charge is 0.477 e. The van der Waals surface area contributed by atoms with Crippen molar-refractivity contribution in [2.75, 3.05) is 37.7 Å². The molecule has 8 heteroatoms. The summed E-state index contributed by atoms with van der Waals surface area (Å²) in [5.41, 5.74) is 2.35. The topological polar surface area (TPSA) is 76.4 Å². The van der Waals surface area contributed by atoms with Crippen molar-refractivity contribution in [3.63, 3.8) is 0 Å². The van der Waals surface area contributed by atoms with Gasteiger partial charge in [-0.1, -0.05) is 32.0 Å². The molecule has 1 saturated heterocycles. The third-order valence-electron chi connectivity index (χ3n) is 5.19. The van der Waals surface area contributed by atoms with Crippen molar-refractivity contribution in [3.8, 4) is 11.6 Å². The first-order valence-corrected chi connectivity index (χ1v) is 10.6. The fourth-order valence-corrected chi connectivity index (χ4v) is 3.54. The van der Waals surface area contributed by atoms with Gasteiger partial charge in [-0.25, -0.2) is 14.6 Å². The number of nitrogens with zero attached hydrogens (tertiary/aromatic N) is 6. The molecule has 3 aromatic rings. The van der Waals surface area contributed by atoms with Crippen molar-refractivity contribution in [3.05, 3.63) is 60.2 Å². The van der Waals surface area contributed by atoms with Crippen LogP contribution in [-0.4, -0.2) is 63.3 Å². The summed E-state index contributed by atoms with van der Waals surface area (Å²) in [6.45, 7) is 9.40. The Labute approximate surface area is 182 Å². The number of hydrogen-bond donors (Lipinski definition) is 0. The molecule has 0 unspecified atom stereocenters. The first-order valence-electron chi connectivity index (χ1n) is 10.6. The minimum atomic E-state index is -0.0407. The van der Waals surface area contributed by atoms with E-state index in [-0.39, 0.29) is 5.91 Å². The van der Waals surface area contributed by atoms with Crippen LogP contribution in [0.5, 0.6) is 5.88 Å². The maximum absolute atomic E-state index is 13.0. The Hall–Kier alpha value is -3.42. The highest BCUT2D eigenvalue weighted by Crippen LogP contribution is 2.19. The molecular weight excluding hydrogens is 392 g/mol. The van der Waals surface area contributed by atoms with Gasteiger partial charge in [0.15, 0.2) is 5.69 Å². The molecule has 0 saturated carbocycles. The van der Waals surface area contributed by atoms with Crippen LogP contribution in [0.1, 0.15) is 30.0 Å². The molecule has 8 nitrogen and oxygen atoms in total. The van der Waals surface area contributed by atoms with Gasteiger partial charge in [0.05, 0.1) is 12.3 Å². The van der Waals surface area contributed by atoms with Gasteiger partial charge in [-0.05, 0) is 31.0 Å². The zero-order valence-corrected chi connectivity index (χ0v) is 18.2. The Balaban J connectivity index is 1.39. The fourth-order valence-electron chi connectivity index (χ4n) is 3.54. The highest BCUT2D eigenvalue weighted by atomic mass is 16.5.